The summed E-state index contributed by atoms with van der Waals surface area (Å²) in [6.07, 6.45) is 9.31. The van der Waals surface area contributed by atoms with E-state index in [0.29, 0.717) is 56.2 Å². The second-order valence-electron chi connectivity index (χ2n) is 9.78. The topological polar surface area (TPSA) is 109 Å². The van der Waals surface area contributed by atoms with Gasteiger partial charge in [-0.3, -0.25) is 4.98 Å². The molecule has 0 saturated heterocycles. The monoisotopic (exact) mass is 599 g/mol. The van der Waals surface area contributed by atoms with Crippen LogP contribution in [0.4, 0.5) is 4.79 Å². The summed E-state index contributed by atoms with van der Waals surface area (Å²) in [5, 5.41) is 17.8. The molecule has 2 heterocycles. The van der Waals surface area contributed by atoms with E-state index in [1.54, 1.807) is 7.11 Å². The average Bonchev–Trinajstić information content (AvgIpc) is 2.91. The number of ether oxygens (including phenoxy) is 2. The predicted octanol–water partition coefficient (Wildman–Crippen LogP) is 3.19. The van der Waals surface area contributed by atoms with Crippen LogP contribution in [-0.4, -0.2) is 68.6 Å². The summed E-state index contributed by atoms with van der Waals surface area (Å²) in [5.74, 6) is 0.507. The van der Waals surface area contributed by atoms with Gasteiger partial charge in [-0.05, 0) is 37.8 Å². The third kappa shape index (κ3) is 10.8. The molecule has 37 heavy (non-hydrogen) atoms. The van der Waals surface area contributed by atoms with Crippen LogP contribution < -0.4 is 31.3 Å². The molecule has 1 aliphatic heterocycles. The fourth-order valence-corrected chi connectivity index (χ4v) is 5.46. The van der Waals surface area contributed by atoms with Crippen LogP contribution in [0.5, 0.6) is 5.75 Å². The number of amides is 1. The summed E-state index contributed by atoms with van der Waals surface area (Å²) in [5.41, 5.74) is 1.75. The summed E-state index contributed by atoms with van der Waals surface area (Å²) >= 11 is 0.00694. The Morgan fingerprint density at radius 1 is 0.946 bits per heavy atom. The average molecular weight is 600 g/mol. The summed E-state index contributed by atoms with van der Waals surface area (Å²) in [6, 6.07) is 5.62. The number of rotatable bonds is 4. The Bertz CT molecular complexity index is 812. The number of carbonyl (C=O) groups excluding carboxylic acids is 1. The van der Waals surface area contributed by atoms with E-state index >= 15 is 0 Å². The van der Waals surface area contributed by atoms with Gasteiger partial charge >= 0.3 is 39.4 Å². The van der Waals surface area contributed by atoms with E-state index in [4.69, 9.17) is 34.7 Å². The number of nitrogens with zero attached hydrogens (tertiary/aromatic N) is 1. The molecule has 0 aromatic carbocycles. The molecule has 2 aliphatic carbocycles. The quantitative estimate of drug-likeness (QED) is 0.265. The SMILES string of the molecule is COCCNC(=O)Oc1ccc2nc1CN[C@@H]1CCCC[C@H]1NCCN[C@@H]1CCCC[C@H]1NC2.[Cl][Mn][Cl]. The molecule has 0 radical (unpaired) electrons. The second-order valence-corrected chi connectivity index (χ2v) is 11.7. The first-order chi connectivity index (χ1) is 18.1. The third-order valence-corrected chi connectivity index (χ3v) is 7.32. The van der Waals surface area contributed by atoms with Gasteiger partial charge < -0.3 is 36.1 Å². The summed E-state index contributed by atoms with van der Waals surface area (Å²) in [7, 11) is 11.2. The molecule has 2 saturated carbocycles. The third-order valence-electron chi connectivity index (χ3n) is 7.32. The second kappa shape index (κ2) is 17.8. The molecule has 12 heteroatoms. The molecule has 2 fully saturated rings. The molecular formula is C25H42Cl2MnN6O3. The molecule has 1 aromatic rings. The number of carbonyl (C=O) groups is 1. The van der Waals surface area contributed by atoms with Gasteiger partial charge in [0.1, 0.15) is 0 Å². The van der Waals surface area contributed by atoms with E-state index in [0.717, 1.165) is 30.9 Å². The summed E-state index contributed by atoms with van der Waals surface area (Å²) in [4.78, 5) is 17.2. The molecule has 211 valence electrons. The van der Waals surface area contributed by atoms with Crippen LogP contribution in [0.2, 0.25) is 0 Å². The van der Waals surface area contributed by atoms with E-state index in [2.05, 4.69) is 26.6 Å². The van der Waals surface area contributed by atoms with Crippen molar-refractivity contribution in [1.82, 2.24) is 31.6 Å². The van der Waals surface area contributed by atoms with Crippen molar-refractivity contribution in [3.05, 3.63) is 23.5 Å². The van der Waals surface area contributed by atoms with Gasteiger partial charge in [0.15, 0.2) is 5.75 Å². The van der Waals surface area contributed by atoms with Gasteiger partial charge in [0.2, 0.25) is 0 Å². The number of pyridine rings is 1. The molecule has 0 unspecified atom stereocenters. The van der Waals surface area contributed by atoms with Gasteiger partial charge in [0.05, 0.1) is 18.0 Å². The fourth-order valence-electron chi connectivity index (χ4n) is 5.46. The molecule has 2 bridgehead atoms. The zero-order valence-corrected chi connectivity index (χ0v) is 24.4. The van der Waals surface area contributed by atoms with Crippen LogP contribution >= 0.6 is 20.2 Å². The van der Waals surface area contributed by atoms with Gasteiger partial charge in [-0.2, -0.15) is 0 Å². The molecule has 3 aliphatic rings. The van der Waals surface area contributed by atoms with Gasteiger partial charge in [0, 0.05) is 64.0 Å². The van der Waals surface area contributed by atoms with Crippen molar-refractivity contribution in [2.75, 3.05) is 33.4 Å². The van der Waals surface area contributed by atoms with Crippen molar-refractivity contribution in [3.63, 3.8) is 0 Å². The first-order valence-corrected chi connectivity index (χ1v) is 16.6. The van der Waals surface area contributed by atoms with Crippen molar-refractivity contribution in [3.8, 4) is 5.75 Å². The number of hydrogen-bond acceptors (Lipinski definition) is 8. The molecule has 5 N–H and O–H groups in total. The molecule has 1 aromatic heterocycles. The minimum absolute atomic E-state index is 0.00694. The van der Waals surface area contributed by atoms with Crippen LogP contribution in [0.3, 0.4) is 0 Å². The maximum atomic E-state index is 12.3. The normalized spacial score (nSPS) is 26.7. The zero-order valence-electron chi connectivity index (χ0n) is 21.7. The van der Waals surface area contributed by atoms with Crippen molar-refractivity contribution in [1.29, 1.82) is 0 Å². The van der Waals surface area contributed by atoms with Crippen molar-refractivity contribution in [2.24, 2.45) is 0 Å². The number of halogens is 2. The number of aromatic nitrogens is 1. The number of hydrogen-bond donors (Lipinski definition) is 5. The van der Waals surface area contributed by atoms with Gasteiger partial charge in [-0.15, -0.1) is 0 Å². The van der Waals surface area contributed by atoms with Crippen LogP contribution in [-0.2, 0) is 31.0 Å². The molecule has 4 atom stereocenters. The van der Waals surface area contributed by atoms with Gasteiger partial charge in [-0.25, -0.2) is 4.79 Å². The Morgan fingerprint density at radius 2 is 1.49 bits per heavy atom. The maximum absolute atomic E-state index is 12.3. The van der Waals surface area contributed by atoms with E-state index in [9.17, 15) is 4.79 Å². The Labute approximate surface area is 235 Å². The summed E-state index contributed by atoms with van der Waals surface area (Å²) in [6.45, 7) is 4.11. The predicted molar refractivity (Wildman–Crippen MR) is 144 cm³/mol. The fraction of sp³-hybridized carbons (Fsp3) is 0.760. The zero-order chi connectivity index (χ0) is 26.3. The van der Waals surface area contributed by atoms with E-state index < -0.39 is 6.09 Å². The first kappa shape index (κ1) is 30.9. The van der Waals surface area contributed by atoms with Crippen LogP contribution in [0.15, 0.2) is 12.1 Å². The molecule has 1 amide bonds. The standard InChI is InChI=1S/C25H42N6O3.2ClH.Mn/c1-33-15-14-28-25(32)34-24-11-10-18-16-29-21-8-4-2-6-19(21)26-12-13-27-20-7-3-5-9-22(20)30-17-23(24)31-18;;;/h10-11,19-22,26-27,29-30H,2-9,12-17H2,1H3,(H,28,32);2*1H;/q;;;+2/p-2/t19-,20-,21-,22-;;;/m1.../s1. The van der Waals surface area contributed by atoms with E-state index in [1.165, 1.54) is 44.9 Å². The van der Waals surface area contributed by atoms with E-state index in [1.807, 2.05) is 12.1 Å². The Morgan fingerprint density at radius 3 is 2.05 bits per heavy atom. The van der Waals surface area contributed by atoms with Gasteiger partial charge in [0.25, 0.3) is 0 Å². The summed E-state index contributed by atoms with van der Waals surface area (Å²) < 4.78 is 10.6. The van der Waals surface area contributed by atoms with Crippen LogP contribution in [0.1, 0.15) is 62.8 Å². The first-order valence-electron chi connectivity index (χ1n) is 13.4. The van der Waals surface area contributed by atoms with Crippen LogP contribution in [0, 0.1) is 0 Å². The molecule has 4 rings (SSSR count). The molecular weight excluding hydrogens is 558 g/mol. The van der Waals surface area contributed by atoms with Gasteiger partial charge in [-0.1, -0.05) is 25.7 Å². The van der Waals surface area contributed by atoms with E-state index in [-0.39, 0.29) is 13.1 Å². The number of fused-ring (bicyclic) bond motifs is 4. The van der Waals surface area contributed by atoms with Crippen molar-refractivity contribution >= 4 is 26.3 Å². The molecule has 0 spiro atoms. The molecule has 9 nitrogen and oxygen atoms in total. The Kier molecular flexibility index (Phi) is 14.9. The van der Waals surface area contributed by atoms with Crippen molar-refractivity contribution < 1.29 is 27.4 Å². The Hall–Kier alpha value is -0.681. The van der Waals surface area contributed by atoms with Crippen molar-refractivity contribution in [2.45, 2.75) is 88.6 Å². The number of methoxy groups -OCH3 is 1. The van der Waals surface area contributed by atoms with Crippen LogP contribution in [0.25, 0.3) is 0 Å². The minimum atomic E-state index is -0.481. The Balaban J connectivity index is 0.00000121. The number of nitrogens with one attached hydrogen (secondary N) is 5.